The molecule has 0 aliphatic heterocycles. The summed E-state index contributed by atoms with van der Waals surface area (Å²) in [5, 5.41) is 0. The molecule has 0 saturated carbocycles. The molecule has 3 rings (SSSR count). The van der Waals surface area contributed by atoms with Crippen molar-refractivity contribution in [2.45, 2.75) is 0 Å². The Morgan fingerprint density at radius 1 is 0.857 bits per heavy atom. The number of hydrogen-bond acceptors (Lipinski definition) is 3. The van der Waals surface area contributed by atoms with Crippen LogP contribution in [0.5, 0.6) is 0 Å². The minimum atomic E-state index is -0.339. The lowest BCUT2D eigenvalue weighted by Gasteiger charge is -2.03. The van der Waals surface area contributed by atoms with Crippen LogP contribution in [0.25, 0.3) is 11.3 Å². The summed E-state index contributed by atoms with van der Waals surface area (Å²) in [6.07, 6.45) is 1.24. The second kappa shape index (κ2) is 5.59. The van der Waals surface area contributed by atoms with Gasteiger partial charge in [-0.25, -0.2) is 0 Å². The summed E-state index contributed by atoms with van der Waals surface area (Å²) < 4.78 is 5.45. The summed E-state index contributed by atoms with van der Waals surface area (Å²) in [5.41, 5.74) is 0.973. The first kappa shape index (κ1) is 13.1. The molecule has 3 nitrogen and oxygen atoms in total. The fraction of sp³-hybridized carbons (Fsp3) is 0. The van der Waals surface area contributed by atoms with Gasteiger partial charge in [-0.2, -0.15) is 0 Å². The van der Waals surface area contributed by atoms with Crippen LogP contribution in [0, 0.1) is 0 Å². The zero-order valence-corrected chi connectivity index (χ0v) is 11.2. The van der Waals surface area contributed by atoms with Crippen molar-refractivity contribution in [3.63, 3.8) is 0 Å². The summed E-state index contributed by atoms with van der Waals surface area (Å²) in [5.74, 6) is 0.120. The van der Waals surface area contributed by atoms with Crippen LogP contribution in [0.4, 0.5) is 0 Å². The predicted molar refractivity (Wildman–Crippen MR) is 80.3 cm³/mol. The molecule has 0 unspecified atom stereocenters. The van der Waals surface area contributed by atoms with Crippen molar-refractivity contribution < 1.29 is 9.21 Å². The van der Waals surface area contributed by atoms with Gasteiger partial charge in [0.2, 0.25) is 0 Å². The lowest BCUT2D eigenvalue weighted by Crippen LogP contribution is -2.14. The molecule has 0 N–H and O–H groups in total. The van der Waals surface area contributed by atoms with Gasteiger partial charge >= 0.3 is 0 Å². The quantitative estimate of drug-likeness (QED) is 0.687. The maximum atomic E-state index is 12.3. The predicted octanol–water partition coefficient (Wildman–Crippen LogP) is 3.54. The van der Waals surface area contributed by atoms with Crippen LogP contribution in [-0.2, 0) is 0 Å². The van der Waals surface area contributed by atoms with Gasteiger partial charge in [-0.15, -0.1) is 0 Å². The molecule has 3 heteroatoms. The minimum Gasteiger partial charge on any atom is -0.463 e. The lowest BCUT2D eigenvalue weighted by molar-refractivity contribution is 0.103. The number of carbonyl (C=O) groups is 1. The number of rotatable bonds is 3. The van der Waals surface area contributed by atoms with Crippen LogP contribution >= 0.6 is 0 Å². The Morgan fingerprint density at radius 3 is 2.10 bits per heavy atom. The van der Waals surface area contributed by atoms with E-state index in [1.165, 1.54) is 12.3 Å². The summed E-state index contributed by atoms with van der Waals surface area (Å²) in [6, 6.07) is 19.3. The van der Waals surface area contributed by atoms with Gasteiger partial charge in [0.05, 0.1) is 0 Å². The zero-order valence-electron chi connectivity index (χ0n) is 11.2. The first-order valence-corrected chi connectivity index (χ1v) is 6.54. The van der Waals surface area contributed by atoms with Gasteiger partial charge in [0.15, 0.2) is 11.2 Å². The SMILES string of the molecule is O=C(c1ccccc1)c1coc(-c2ccccc2)cc1=O. The van der Waals surface area contributed by atoms with Crippen molar-refractivity contribution in [3.8, 4) is 11.3 Å². The van der Waals surface area contributed by atoms with Gasteiger partial charge in [-0.1, -0.05) is 60.7 Å². The molecule has 3 aromatic rings. The molecule has 1 aromatic heterocycles. The maximum Gasteiger partial charge on any atom is 0.200 e. The molecule has 2 aromatic carbocycles. The molecule has 0 bridgehead atoms. The van der Waals surface area contributed by atoms with Crippen molar-refractivity contribution in [1.29, 1.82) is 0 Å². The Hall–Kier alpha value is -2.94. The van der Waals surface area contributed by atoms with E-state index in [-0.39, 0.29) is 16.8 Å². The van der Waals surface area contributed by atoms with E-state index >= 15 is 0 Å². The largest absolute Gasteiger partial charge is 0.463 e. The van der Waals surface area contributed by atoms with Crippen LogP contribution in [0.1, 0.15) is 15.9 Å². The monoisotopic (exact) mass is 276 g/mol. The normalized spacial score (nSPS) is 10.3. The molecule has 0 spiro atoms. The second-order valence-corrected chi connectivity index (χ2v) is 4.58. The van der Waals surface area contributed by atoms with E-state index < -0.39 is 0 Å². The van der Waals surface area contributed by atoms with E-state index in [4.69, 9.17) is 4.42 Å². The van der Waals surface area contributed by atoms with E-state index in [2.05, 4.69) is 0 Å². The van der Waals surface area contributed by atoms with E-state index in [0.717, 1.165) is 5.56 Å². The lowest BCUT2D eigenvalue weighted by atomic mass is 10.0. The Kier molecular flexibility index (Phi) is 3.48. The van der Waals surface area contributed by atoms with Crippen molar-refractivity contribution in [2.24, 2.45) is 0 Å². The molecule has 21 heavy (non-hydrogen) atoms. The molecule has 0 aliphatic carbocycles. The molecule has 0 amide bonds. The van der Waals surface area contributed by atoms with Gasteiger partial charge in [0.25, 0.3) is 0 Å². The third kappa shape index (κ3) is 2.67. The van der Waals surface area contributed by atoms with Crippen LogP contribution in [0.15, 0.2) is 82.2 Å². The van der Waals surface area contributed by atoms with Crippen LogP contribution < -0.4 is 5.43 Å². The highest BCUT2D eigenvalue weighted by molar-refractivity contribution is 6.08. The van der Waals surface area contributed by atoms with E-state index in [0.29, 0.717) is 11.3 Å². The van der Waals surface area contributed by atoms with Gasteiger partial charge in [0, 0.05) is 17.2 Å². The van der Waals surface area contributed by atoms with Crippen LogP contribution in [0.2, 0.25) is 0 Å². The van der Waals surface area contributed by atoms with Gasteiger partial charge in [-0.05, 0) is 0 Å². The summed E-state index contributed by atoms with van der Waals surface area (Å²) in [4.78, 5) is 24.4. The fourth-order valence-electron chi connectivity index (χ4n) is 2.08. The summed E-state index contributed by atoms with van der Waals surface area (Å²) in [6.45, 7) is 0. The van der Waals surface area contributed by atoms with Gasteiger partial charge in [-0.3, -0.25) is 9.59 Å². The number of ketones is 1. The zero-order chi connectivity index (χ0) is 14.7. The molecular formula is C18H12O3. The van der Waals surface area contributed by atoms with E-state index in [9.17, 15) is 9.59 Å². The van der Waals surface area contributed by atoms with Crippen molar-refractivity contribution in [2.75, 3.05) is 0 Å². The number of hydrogen-bond donors (Lipinski definition) is 0. The third-order valence-electron chi connectivity index (χ3n) is 3.17. The molecule has 0 saturated heterocycles. The molecular weight excluding hydrogens is 264 g/mol. The molecule has 0 atom stereocenters. The van der Waals surface area contributed by atoms with Crippen molar-refractivity contribution in [1.82, 2.24) is 0 Å². The smallest absolute Gasteiger partial charge is 0.200 e. The van der Waals surface area contributed by atoms with E-state index in [1.54, 1.807) is 24.3 Å². The second-order valence-electron chi connectivity index (χ2n) is 4.58. The Balaban J connectivity index is 2.00. The fourth-order valence-corrected chi connectivity index (χ4v) is 2.08. The first-order chi connectivity index (χ1) is 10.3. The average molecular weight is 276 g/mol. The highest BCUT2D eigenvalue weighted by atomic mass is 16.3. The molecule has 0 radical (unpaired) electrons. The van der Waals surface area contributed by atoms with E-state index in [1.807, 2.05) is 36.4 Å². The Bertz CT molecular complexity index is 818. The molecule has 0 aliphatic rings. The van der Waals surface area contributed by atoms with Crippen molar-refractivity contribution in [3.05, 3.63) is 94.3 Å². The van der Waals surface area contributed by atoms with Gasteiger partial charge < -0.3 is 4.42 Å². The highest BCUT2D eigenvalue weighted by Crippen LogP contribution is 2.18. The maximum absolute atomic E-state index is 12.3. The third-order valence-corrected chi connectivity index (χ3v) is 3.17. The number of benzene rings is 2. The molecule has 1 heterocycles. The van der Waals surface area contributed by atoms with Crippen LogP contribution in [0.3, 0.4) is 0 Å². The topological polar surface area (TPSA) is 47.3 Å². The standard InChI is InChI=1S/C18H12O3/c19-16-11-17(13-7-3-1-4-8-13)21-12-15(16)18(20)14-9-5-2-6-10-14/h1-12H. The van der Waals surface area contributed by atoms with Crippen LogP contribution in [-0.4, -0.2) is 5.78 Å². The minimum absolute atomic E-state index is 0.0425. The summed E-state index contributed by atoms with van der Waals surface area (Å²) >= 11 is 0. The Morgan fingerprint density at radius 2 is 1.48 bits per heavy atom. The Labute approximate surface area is 121 Å². The van der Waals surface area contributed by atoms with Crippen molar-refractivity contribution >= 4 is 5.78 Å². The molecule has 0 fully saturated rings. The first-order valence-electron chi connectivity index (χ1n) is 6.54. The highest BCUT2D eigenvalue weighted by Gasteiger charge is 2.14. The number of carbonyl (C=O) groups excluding carboxylic acids is 1. The average Bonchev–Trinajstić information content (AvgIpc) is 2.56. The summed E-state index contributed by atoms with van der Waals surface area (Å²) in [7, 11) is 0. The van der Waals surface area contributed by atoms with Gasteiger partial charge in [0.1, 0.15) is 17.6 Å². The molecule has 102 valence electrons.